The van der Waals surface area contributed by atoms with Gasteiger partial charge in [-0.3, -0.25) is 9.59 Å². The molecule has 0 unspecified atom stereocenters. The Kier molecular flexibility index (Phi) is 5.15. The van der Waals surface area contributed by atoms with Gasteiger partial charge in [-0.1, -0.05) is 0 Å². The minimum atomic E-state index is -4.96. The summed E-state index contributed by atoms with van der Waals surface area (Å²) in [7, 11) is 1.39. The van der Waals surface area contributed by atoms with Crippen LogP contribution < -0.4 is 10.9 Å². The number of carbonyl (C=O) groups is 1. The Morgan fingerprint density at radius 2 is 1.54 bits per heavy atom. The summed E-state index contributed by atoms with van der Waals surface area (Å²) in [6, 6.07) is 3.40. The van der Waals surface area contributed by atoms with Crippen molar-refractivity contribution in [3.63, 3.8) is 0 Å². The van der Waals surface area contributed by atoms with Crippen LogP contribution in [0.15, 0.2) is 41.3 Å². The summed E-state index contributed by atoms with van der Waals surface area (Å²) in [6.07, 6.45) is -8.72. The third kappa shape index (κ3) is 4.64. The fourth-order valence-corrected chi connectivity index (χ4v) is 2.13. The number of nitrogens with zero attached hydrogens (tertiary/aromatic N) is 1. The summed E-state index contributed by atoms with van der Waals surface area (Å²) in [4.78, 5) is 23.2. The molecule has 0 atom stereocenters. The van der Waals surface area contributed by atoms with Gasteiger partial charge >= 0.3 is 12.4 Å². The van der Waals surface area contributed by atoms with Crippen LogP contribution in [0, 0.1) is 0 Å². The zero-order valence-corrected chi connectivity index (χ0v) is 13.2. The lowest BCUT2D eigenvalue weighted by Crippen LogP contribution is -2.25. The number of pyridine rings is 1. The van der Waals surface area contributed by atoms with Gasteiger partial charge in [0, 0.05) is 25.9 Å². The molecule has 0 saturated heterocycles. The van der Waals surface area contributed by atoms with Gasteiger partial charge in [0.25, 0.3) is 5.91 Å². The van der Waals surface area contributed by atoms with Gasteiger partial charge in [0.1, 0.15) is 0 Å². The molecule has 1 aromatic heterocycles. The van der Waals surface area contributed by atoms with Crippen molar-refractivity contribution in [3.8, 4) is 0 Å². The highest BCUT2D eigenvalue weighted by Gasteiger charge is 2.36. The predicted molar refractivity (Wildman–Crippen MR) is 79.3 cm³/mol. The van der Waals surface area contributed by atoms with Gasteiger partial charge in [-0.2, -0.15) is 26.3 Å². The third-order valence-electron chi connectivity index (χ3n) is 3.45. The Morgan fingerprint density at radius 3 is 2.00 bits per heavy atom. The number of amides is 1. The summed E-state index contributed by atoms with van der Waals surface area (Å²) in [6.45, 7) is -0.547. The van der Waals surface area contributed by atoms with Crippen molar-refractivity contribution >= 4 is 5.91 Å². The standard InChI is InChI=1S/C16H12F6N2O2/c1-24-8-10(2-3-13(24)25)14(26)23-7-9-4-11(15(17,18)19)6-12(5-9)16(20,21)22/h2-6,8H,7H2,1H3,(H,23,26). The van der Waals surface area contributed by atoms with E-state index in [1.165, 1.54) is 19.3 Å². The first-order valence-corrected chi connectivity index (χ1v) is 7.11. The SMILES string of the molecule is Cn1cc(C(=O)NCc2cc(C(F)(F)F)cc(C(F)(F)F)c2)ccc1=O. The average Bonchev–Trinajstić information content (AvgIpc) is 2.53. The van der Waals surface area contributed by atoms with E-state index in [0.29, 0.717) is 12.1 Å². The second-order valence-electron chi connectivity index (χ2n) is 5.46. The molecule has 1 heterocycles. The monoisotopic (exact) mass is 378 g/mol. The second-order valence-corrected chi connectivity index (χ2v) is 5.46. The number of hydrogen-bond donors (Lipinski definition) is 1. The first-order valence-electron chi connectivity index (χ1n) is 7.11. The van der Waals surface area contributed by atoms with Crippen molar-refractivity contribution < 1.29 is 31.1 Å². The highest BCUT2D eigenvalue weighted by atomic mass is 19.4. The molecule has 0 aliphatic carbocycles. The molecule has 140 valence electrons. The number of carbonyl (C=O) groups excluding carboxylic acids is 1. The molecule has 0 spiro atoms. The highest BCUT2D eigenvalue weighted by Crippen LogP contribution is 2.36. The van der Waals surface area contributed by atoms with Crippen molar-refractivity contribution in [2.75, 3.05) is 0 Å². The predicted octanol–water partition coefficient (Wildman–Crippen LogP) is 3.35. The number of halogens is 6. The van der Waals surface area contributed by atoms with E-state index >= 15 is 0 Å². The van der Waals surface area contributed by atoms with E-state index in [1.807, 2.05) is 0 Å². The molecular weight excluding hydrogens is 366 g/mol. The first kappa shape index (κ1) is 19.5. The molecule has 0 bridgehead atoms. The molecule has 26 heavy (non-hydrogen) atoms. The quantitative estimate of drug-likeness (QED) is 0.833. The Bertz CT molecular complexity index is 851. The average molecular weight is 378 g/mol. The topological polar surface area (TPSA) is 51.1 Å². The third-order valence-corrected chi connectivity index (χ3v) is 3.45. The van der Waals surface area contributed by atoms with Crippen LogP contribution in [-0.4, -0.2) is 10.5 Å². The fraction of sp³-hybridized carbons (Fsp3) is 0.250. The summed E-state index contributed by atoms with van der Waals surface area (Å²) in [5, 5.41) is 2.23. The molecule has 4 nitrogen and oxygen atoms in total. The lowest BCUT2D eigenvalue weighted by Gasteiger charge is -2.14. The number of nitrogens with one attached hydrogen (secondary N) is 1. The van der Waals surface area contributed by atoms with Gasteiger partial charge in [-0.05, 0) is 29.8 Å². The Labute approximate surface area is 143 Å². The van der Waals surface area contributed by atoms with E-state index in [9.17, 15) is 35.9 Å². The molecule has 2 aromatic rings. The van der Waals surface area contributed by atoms with Crippen molar-refractivity contribution in [2.45, 2.75) is 18.9 Å². The van der Waals surface area contributed by atoms with Crippen LogP contribution >= 0.6 is 0 Å². The second kappa shape index (κ2) is 6.85. The van der Waals surface area contributed by atoms with Crippen molar-refractivity contribution in [1.29, 1.82) is 0 Å². The van der Waals surface area contributed by atoms with Gasteiger partial charge in [-0.25, -0.2) is 0 Å². The molecule has 1 N–H and O–H groups in total. The van der Waals surface area contributed by atoms with E-state index in [1.54, 1.807) is 0 Å². The molecule has 0 radical (unpaired) electrons. The largest absolute Gasteiger partial charge is 0.416 e. The number of benzene rings is 1. The summed E-state index contributed by atoms with van der Waals surface area (Å²) >= 11 is 0. The number of alkyl halides is 6. The van der Waals surface area contributed by atoms with E-state index in [0.717, 1.165) is 10.6 Å². The van der Waals surface area contributed by atoms with Crippen LogP contribution in [0.2, 0.25) is 0 Å². The molecule has 1 amide bonds. The summed E-state index contributed by atoms with van der Waals surface area (Å²) in [5.74, 6) is -0.744. The Hall–Kier alpha value is -2.78. The fourth-order valence-electron chi connectivity index (χ4n) is 2.13. The van der Waals surface area contributed by atoms with Crippen molar-refractivity contribution in [3.05, 3.63) is 69.1 Å². The van der Waals surface area contributed by atoms with Crippen LogP contribution in [0.5, 0.6) is 0 Å². The van der Waals surface area contributed by atoms with Crippen molar-refractivity contribution in [2.24, 2.45) is 7.05 Å². The number of aromatic nitrogens is 1. The lowest BCUT2D eigenvalue weighted by atomic mass is 10.0. The van der Waals surface area contributed by atoms with Crippen LogP contribution in [0.4, 0.5) is 26.3 Å². The normalized spacial score (nSPS) is 12.1. The maximum Gasteiger partial charge on any atom is 0.416 e. The number of hydrogen-bond acceptors (Lipinski definition) is 2. The summed E-state index contributed by atoms with van der Waals surface area (Å²) < 4.78 is 77.9. The minimum Gasteiger partial charge on any atom is -0.348 e. The van der Waals surface area contributed by atoms with Gasteiger partial charge in [0.2, 0.25) is 5.56 Å². The minimum absolute atomic E-state index is 0.0122. The van der Waals surface area contributed by atoms with E-state index in [2.05, 4.69) is 5.32 Å². The Balaban J connectivity index is 2.26. The molecule has 0 aliphatic rings. The first-order chi connectivity index (χ1) is 11.9. The molecule has 2 rings (SSSR count). The maximum absolute atomic E-state index is 12.8. The Morgan fingerprint density at radius 1 is 1.00 bits per heavy atom. The highest BCUT2D eigenvalue weighted by molar-refractivity contribution is 5.93. The molecular formula is C16H12F6N2O2. The maximum atomic E-state index is 12.8. The zero-order valence-electron chi connectivity index (χ0n) is 13.2. The molecule has 0 aliphatic heterocycles. The van der Waals surface area contributed by atoms with E-state index in [4.69, 9.17) is 0 Å². The number of aryl methyl sites for hydroxylation is 1. The zero-order chi connectivity index (χ0) is 19.7. The van der Waals surface area contributed by atoms with Crippen LogP contribution in [0.1, 0.15) is 27.0 Å². The van der Waals surface area contributed by atoms with Gasteiger partial charge in [-0.15, -0.1) is 0 Å². The number of rotatable bonds is 3. The van der Waals surface area contributed by atoms with Crippen molar-refractivity contribution in [1.82, 2.24) is 9.88 Å². The van der Waals surface area contributed by atoms with E-state index < -0.39 is 35.9 Å². The molecule has 0 saturated carbocycles. The summed E-state index contributed by atoms with van der Waals surface area (Å²) in [5.41, 5.74) is -3.62. The van der Waals surface area contributed by atoms with Gasteiger partial charge in [0.15, 0.2) is 0 Å². The van der Waals surface area contributed by atoms with Gasteiger partial charge in [0.05, 0.1) is 16.7 Å². The van der Waals surface area contributed by atoms with Gasteiger partial charge < -0.3 is 9.88 Å². The lowest BCUT2D eigenvalue weighted by molar-refractivity contribution is -0.143. The molecule has 1 aromatic carbocycles. The molecule has 10 heteroatoms. The van der Waals surface area contributed by atoms with Crippen LogP contribution in [0.3, 0.4) is 0 Å². The van der Waals surface area contributed by atoms with Crippen LogP contribution in [-0.2, 0) is 25.9 Å². The smallest absolute Gasteiger partial charge is 0.348 e. The van der Waals surface area contributed by atoms with E-state index in [-0.39, 0.29) is 22.8 Å². The van der Waals surface area contributed by atoms with Crippen LogP contribution in [0.25, 0.3) is 0 Å². The molecule has 0 fully saturated rings.